The molecule has 2 rings (SSSR count). The first-order chi connectivity index (χ1) is 10.6. The summed E-state index contributed by atoms with van der Waals surface area (Å²) in [6.45, 7) is 1.87. The van der Waals surface area contributed by atoms with Crippen molar-refractivity contribution in [3.05, 3.63) is 47.8 Å². The van der Waals surface area contributed by atoms with Crippen molar-refractivity contribution in [2.75, 3.05) is 11.9 Å². The van der Waals surface area contributed by atoms with E-state index in [1.807, 2.05) is 44.3 Å². The van der Waals surface area contributed by atoms with Crippen molar-refractivity contribution in [2.45, 2.75) is 25.8 Å². The molecule has 0 saturated carbocycles. The molecule has 1 aromatic heterocycles. The van der Waals surface area contributed by atoms with Crippen LogP contribution < -0.4 is 10.6 Å². The molecule has 0 aliphatic rings. The van der Waals surface area contributed by atoms with Crippen LogP contribution in [0.2, 0.25) is 0 Å². The fourth-order valence-corrected chi connectivity index (χ4v) is 2.30. The third kappa shape index (κ3) is 4.33. The van der Waals surface area contributed by atoms with E-state index in [1.165, 1.54) is 0 Å². The van der Waals surface area contributed by atoms with E-state index in [0.29, 0.717) is 12.1 Å². The monoisotopic (exact) mass is 302 g/mol. The molecule has 2 aromatic rings. The molecular weight excluding hydrogens is 280 g/mol. The van der Waals surface area contributed by atoms with E-state index < -0.39 is 0 Å². The average Bonchev–Trinajstić information content (AvgIpc) is 2.87. The Morgan fingerprint density at radius 3 is 2.73 bits per heavy atom. The zero-order valence-electron chi connectivity index (χ0n) is 12.9. The second-order valence-corrected chi connectivity index (χ2v) is 5.18. The third-order valence-electron chi connectivity index (χ3n) is 3.37. The van der Waals surface area contributed by atoms with Crippen LogP contribution in [0.15, 0.2) is 36.5 Å². The Morgan fingerprint density at radius 2 is 2.09 bits per heavy atom. The number of hydrogen-bond donors (Lipinski definition) is 3. The van der Waals surface area contributed by atoms with Gasteiger partial charge in [0, 0.05) is 13.2 Å². The Balaban J connectivity index is 1.94. The minimum Gasteiger partial charge on any atom is -0.394 e. The van der Waals surface area contributed by atoms with Gasteiger partial charge in [0.15, 0.2) is 0 Å². The molecule has 2 amide bonds. The number of anilines is 1. The van der Waals surface area contributed by atoms with E-state index in [2.05, 4.69) is 15.7 Å². The number of urea groups is 1. The average molecular weight is 302 g/mol. The van der Waals surface area contributed by atoms with Crippen LogP contribution in [0.25, 0.3) is 0 Å². The van der Waals surface area contributed by atoms with Crippen LogP contribution in [-0.4, -0.2) is 33.6 Å². The van der Waals surface area contributed by atoms with Crippen LogP contribution in [0.4, 0.5) is 10.5 Å². The van der Waals surface area contributed by atoms with Crippen LogP contribution in [0.3, 0.4) is 0 Å². The second kappa shape index (κ2) is 7.61. The van der Waals surface area contributed by atoms with E-state index in [-0.39, 0.29) is 18.7 Å². The number of aromatic nitrogens is 2. The summed E-state index contributed by atoms with van der Waals surface area (Å²) in [5, 5.41) is 19.3. The molecular formula is C16H22N4O2. The van der Waals surface area contributed by atoms with Gasteiger partial charge in [0.1, 0.15) is 0 Å². The lowest BCUT2D eigenvalue weighted by atomic mass is 10.1. The first-order valence-corrected chi connectivity index (χ1v) is 7.37. The number of amides is 2. The number of nitrogens with one attached hydrogen (secondary N) is 2. The molecule has 6 nitrogen and oxygen atoms in total. The summed E-state index contributed by atoms with van der Waals surface area (Å²) >= 11 is 0. The van der Waals surface area contributed by atoms with E-state index >= 15 is 0 Å². The lowest BCUT2D eigenvalue weighted by Gasteiger charge is -2.16. The molecule has 0 spiro atoms. The van der Waals surface area contributed by atoms with Gasteiger partial charge in [0.25, 0.3) is 0 Å². The fraction of sp³-hybridized carbons (Fsp3) is 0.375. The van der Waals surface area contributed by atoms with Gasteiger partial charge in [-0.2, -0.15) is 5.10 Å². The fourth-order valence-electron chi connectivity index (χ4n) is 2.30. The van der Waals surface area contributed by atoms with Gasteiger partial charge in [0.05, 0.1) is 24.0 Å². The Kier molecular flexibility index (Phi) is 5.55. The molecule has 0 radical (unpaired) electrons. The largest absolute Gasteiger partial charge is 0.394 e. The smallest absolute Gasteiger partial charge is 0.319 e. The summed E-state index contributed by atoms with van der Waals surface area (Å²) in [4.78, 5) is 12.1. The number of benzene rings is 1. The van der Waals surface area contributed by atoms with Gasteiger partial charge < -0.3 is 15.7 Å². The molecule has 3 N–H and O–H groups in total. The number of carbonyl (C=O) groups excluding carboxylic acids is 1. The summed E-state index contributed by atoms with van der Waals surface area (Å²) in [5.74, 6) is 0. The molecule has 1 aromatic carbocycles. The van der Waals surface area contributed by atoms with Crippen LogP contribution in [0.1, 0.15) is 18.2 Å². The Morgan fingerprint density at radius 1 is 1.36 bits per heavy atom. The number of hydrogen-bond acceptors (Lipinski definition) is 3. The maximum absolute atomic E-state index is 12.1. The van der Waals surface area contributed by atoms with E-state index in [1.54, 1.807) is 10.9 Å². The predicted octanol–water partition coefficient (Wildman–Crippen LogP) is 1.71. The van der Waals surface area contributed by atoms with Crippen molar-refractivity contribution in [3.8, 4) is 0 Å². The molecule has 22 heavy (non-hydrogen) atoms. The molecule has 0 fully saturated rings. The summed E-state index contributed by atoms with van der Waals surface area (Å²) in [5.41, 5.74) is 2.60. The lowest BCUT2D eigenvalue weighted by molar-refractivity contribution is 0.224. The van der Waals surface area contributed by atoms with Crippen LogP contribution in [0.5, 0.6) is 0 Å². The lowest BCUT2D eigenvalue weighted by Crippen LogP contribution is -2.41. The van der Waals surface area contributed by atoms with E-state index in [0.717, 1.165) is 17.7 Å². The van der Waals surface area contributed by atoms with Crippen LogP contribution in [0, 0.1) is 0 Å². The summed E-state index contributed by atoms with van der Waals surface area (Å²) < 4.78 is 1.67. The third-order valence-corrected chi connectivity index (χ3v) is 3.37. The van der Waals surface area contributed by atoms with Gasteiger partial charge >= 0.3 is 6.03 Å². The van der Waals surface area contributed by atoms with Crippen molar-refractivity contribution < 1.29 is 9.90 Å². The number of aliphatic hydroxyl groups is 1. The highest BCUT2D eigenvalue weighted by Gasteiger charge is 2.14. The number of rotatable bonds is 6. The maximum Gasteiger partial charge on any atom is 0.319 e. The molecule has 0 saturated heterocycles. The zero-order chi connectivity index (χ0) is 15.9. The van der Waals surface area contributed by atoms with E-state index in [4.69, 9.17) is 0 Å². The van der Waals surface area contributed by atoms with Gasteiger partial charge in [-0.05, 0) is 18.4 Å². The van der Waals surface area contributed by atoms with Crippen LogP contribution >= 0.6 is 0 Å². The van der Waals surface area contributed by atoms with Crippen molar-refractivity contribution >= 4 is 11.7 Å². The second-order valence-electron chi connectivity index (χ2n) is 5.18. The minimum absolute atomic E-state index is 0.115. The van der Waals surface area contributed by atoms with E-state index in [9.17, 15) is 9.90 Å². The Bertz CT molecular complexity index is 610. The molecule has 6 heteroatoms. The van der Waals surface area contributed by atoms with Crippen molar-refractivity contribution in [3.63, 3.8) is 0 Å². The van der Waals surface area contributed by atoms with Gasteiger partial charge in [-0.25, -0.2) is 4.79 Å². The van der Waals surface area contributed by atoms with Crippen LogP contribution in [-0.2, 0) is 19.9 Å². The first kappa shape index (κ1) is 16.0. The normalized spacial score (nSPS) is 12.0. The summed E-state index contributed by atoms with van der Waals surface area (Å²) in [7, 11) is 1.81. The molecule has 0 aliphatic carbocycles. The van der Waals surface area contributed by atoms with Gasteiger partial charge in [-0.15, -0.1) is 0 Å². The highest BCUT2D eigenvalue weighted by atomic mass is 16.3. The van der Waals surface area contributed by atoms with Crippen molar-refractivity contribution in [1.29, 1.82) is 0 Å². The number of nitrogens with zero attached hydrogens (tertiary/aromatic N) is 2. The minimum atomic E-state index is -0.335. The number of aryl methyl sites for hydroxylation is 2. The molecule has 0 aliphatic heterocycles. The standard InChI is InChI=1S/C16H22N4O2/c1-3-14-15(10-20(2)19-14)18-16(22)17-13(11-21)9-12-7-5-4-6-8-12/h4-8,10,13,21H,3,9,11H2,1-2H3,(H2,17,18,22)/t13-/m0/s1. The van der Waals surface area contributed by atoms with Crippen molar-refractivity contribution in [2.24, 2.45) is 7.05 Å². The Labute approximate surface area is 130 Å². The Hall–Kier alpha value is -2.34. The quantitative estimate of drug-likeness (QED) is 0.760. The van der Waals surface area contributed by atoms with Gasteiger partial charge in [-0.1, -0.05) is 37.3 Å². The zero-order valence-corrected chi connectivity index (χ0v) is 12.9. The van der Waals surface area contributed by atoms with Gasteiger partial charge in [-0.3, -0.25) is 4.68 Å². The molecule has 0 unspecified atom stereocenters. The molecule has 0 bridgehead atoms. The van der Waals surface area contributed by atoms with Gasteiger partial charge in [0.2, 0.25) is 0 Å². The number of aliphatic hydroxyl groups excluding tert-OH is 1. The molecule has 1 heterocycles. The summed E-state index contributed by atoms with van der Waals surface area (Å²) in [6, 6.07) is 9.09. The highest BCUT2D eigenvalue weighted by Crippen LogP contribution is 2.13. The topological polar surface area (TPSA) is 79.2 Å². The first-order valence-electron chi connectivity index (χ1n) is 7.37. The summed E-state index contributed by atoms with van der Waals surface area (Å²) in [6.07, 6.45) is 3.09. The molecule has 118 valence electrons. The molecule has 1 atom stereocenters. The van der Waals surface area contributed by atoms with Crippen molar-refractivity contribution in [1.82, 2.24) is 15.1 Å². The number of carbonyl (C=O) groups is 1. The SMILES string of the molecule is CCc1nn(C)cc1NC(=O)N[C@H](CO)Cc1ccccc1. The highest BCUT2D eigenvalue weighted by molar-refractivity contribution is 5.89. The maximum atomic E-state index is 12.1. The predicted molar refractivity (Wildman–Crippen MR) is 85.8 cm³/mol.